The molecule has 1 unspecified atom stereocenters. The fourth-order valence-corrected chi connectivity index (χ4v) is 8.19. The Morgan fingerprint density at radius 2 is 1.61 bits per heavy atom. The lowest BCUT2D eigenvalue weighted by Crippen LogP contribution is -2.46. The molecule has 0 spiro atoms. The fraction of sp³-hybridized carbons (Fsp3) is 0.261. The molecule has 2 amide bonds. The average Bonchev–Trinajstić information content (AvgIpc) is 3.84. The molecule has 0 radical (unpaired) electrons. The van der Waals surface area contributed by atoms with Crippen molar-refractivity contribution in [3.63, 3.8) is 0 Å². The number of nitrogens with one attached hydrogen (secondary N) is 2. The number of benzene rings is 5. The Balaban J connectivity index is 0.965. The number of fused-ring (bicyclic) bond motifs is 8. The maximum absolute atomic E-state index is 13.6. The molecule has 0 saturated heterocycles. The first-order chi connectivity index (χ1) is 29.9. The zero-order chi connectivity index (χ0) is 41.9. The number of rotatable bonds is 17. The van der Waals surface area contributed by atoms with Gasteiger partial charge < -0.3 is 34.9 Å². The number of carbonyl (C=O) groups is 2. The highest BCUT2D eigenvalue weighted by Crippen LogP contribution is 2.39. The van der Waals surface area contributed by atoms with Crippen molar-refractivity contribution in [3.8, 4) is 17.2 Å². The predicted octanol–water partition coefficient (Wildman–Crippen LogP) is 4.87. The van der Waals surface area contributed by atoms with Gasteiger partial charge in [0.2, 0.25) is 5.91 Å². The number of para-hydroxylation sites is 2. The lowest BCUT2D eigenvalue weighted by Gasteiger charge is -2.33. The predicted molar refractivity (Wildman–Crippen MR) is 227 cm³/mol. The SMILES string of the molecule is COOCCOCCN(CC(=O)NCO)c1cc(COc2ccc3c(c2)NC2Cc4ccccc4N2C3=O)cc(COc2ccc3c(=O)n4c(nc3c2)Cc2ccccc2-4)c1. The van der Waals surface area contributed by atoms with Crippen LogP contribution in [-0.4, -0.2) is 79.4 Å². The van der Waals surface area contributed by atoms with E-state index in [1.807, 2.05) is 82.6 Å². The van der Waals surface area contributed by atoms with E-state index in [1.165, 1.54) is 7.11 Å². The second-order valence-corrected chi connectivity index (χ2v) is 14.9. The molecule has 9 rings (SSSR count). The van der Waals surface area contributed by atoms with Gasteiger partial charge in [-0.2, -0.15) is 0 Å². The van der Waals surface area contributed by atoms with Crippen molar-refractivity contribution in [2.24, 2.45) is 0 Å². The first-order valence-electron chi connectivity index (χ1n) is 20.1. The highest BCUT2D eigenvalue weighted by Gasteiger charge is 2.39. The first kappa shape index (κ1) is 39.7. The number of hydrogen-bond donors (Lipinski definition) is 3. The van der Waals surface area contributed by atoms with Gasteiger partial charge in [0, 0.05) is 42.9 Å². The van der Waals surface area contributed by atoms with E-state index in [2.05, 4.69) is 15.5 Å². The molecule has 1 aromatic heterocycles. The summed E-state index contributed by atoms with van der Waals surface area (Å²) in [7, 11) is 1.42. The van der Waals surface area contributed by atoms with Gasteiger partial charge in [-0.05, 0) is 76.9 Å². The van der Waals surface area contributed by atoms with Crippen LogP contribution in [0.4, 0.5) is 17.1 Å². The van der Waals surface area contributed by atoms with Gasteiger partial charge in [-0.3, -0.25) is 23.9 Å². The van der Waals surface area contributed by atoms with Crippen LogP contribution in [0.2, 0.25) is 0 Å². The molecule has 1 atom stereocenters. The highest BCUT2D eigenvalue weighted by atomic mass is 17.2. The summed E-state index contributed by atoms with van der Waals surface area (Å²) in [5.41, 5.74) is 7.93. The summed E-state index contributed by atoms with van der Waals surface area (Å²) in [6.07, 6.45) is 1.08. The Morgan fingerprint density at radius 3 is 2.39 bits per heavy atom. The average molecular weight is 825 g/mol. The summed E-state index contributed by atoms with van der Waals surface area (Å²) < 4.78 is 20.1. The van der Waals surface area contributed by atoms with Gasteiger partial charge in [0.05, 0.1) is 54.7 Å². The minimum Gasteiger partial charge on any atom is -0.489 e. The molecule has 0 fully saturated rings. The van der Waals surface area contributed by atoms with Crippen molar-refractivity contribution < 1.29 is 38.7 Å². The van der Waals surface area contributed by atoms with E-state index >= 15 is 0 Å². The van der Waals surface area contributed by atoms with Gasteiger partial charge in [-0.1, -0.05) is 36.4 Å². The molecule has 61 heavy (non-hydrogen) atoms. The summed E-state index contributed by atoms with van der Waals surface area (Å²) in [6.45, 7) is 0.883. The zero-order valence-corrected chi connectivity index (χ0v) is 33.5. The second kappa shape index (κ2) is 17.4. The van der Waals surface area contributed by atoms with Crippen molar-refractivity contribution >= 4 is 39.8 Å². The molecular weight excluding hydrogens is 781 g/mol. The molecule has 0 saturated carbocycles. The van der Waals surface area contributed by atoms with Crippen LogP contribution in [-0.2, 0) is 45.4 Å². The highest BCUT2D eigenvalue weighted by molar-refractivity contribution is 6.13. The minimum absolute atomic E-state index is 0.0582. The fourth-order valence-electron chi connectivity index (χ4n) is 8.19. The van der Waals surface area contributed by atoms with E-state index < -0.39 is 6.73 Å². The molecule has 3 N–H and O–H groups in total. The van der Waals surface area contributed by atoms with Crippen LogP contribution >= 0.6 is 0 Å². The zero-order valence-electron chi connectivity index (χ0n) is 33.5. The Hall–Kier alpha value is -6.78. The van der Waals surface area contributed by atoms with Crippen LogP contribution in [0, 0.1) is 0 Å². The molecule has 312 valence electrons. The third-order valence-electron chi connectivity index (χ3n) is 11.0. The van der Waals surface area contributed by atoms with E-state index in [-0.39, 0.29) is 63.1 Å². The first-order valence-corrected chi connectivity index (χ1v) is 20.1. The molecule has 3 aliphatic heterocycles. The van der Waals surface area contributed by atoms with Gasteiger partial charge in [-0.25, -0.2) is 14.8 Å². The summed E-state index contributed by atoms with van der Waals surface area (Å²) in [4.78, 5) is 58.1. The van der Waals surface area contributed by atoms with Gasteiger partial charge in [0.25, 0.3) is 11.5 Å². The van der Waals surface area contributed by atoms with E-state index in [0.717, 1.165) is 33.6 Å². The lowest BCUT2D eigenvalue weighted by molar-refractivity contribution is -0.277. The maximum atomic E-state index is 13.6. The van der Waals surface area contributed by atoms with Crippen LogP contribution in [0.3, 0.4) is 0 Å². The molecule has 3 aliphatic rings. The van der Waals surface area contributed by atoms with E-state index in [0.29, 0.717) is 64.6 Å². The van der Waals surface area contributed by atoms with E-state index in [1.54, 1.807) is 34.9 Å². The van der Waals surface area contributed by atoms with Crippen molar-refractivity contribution in [1.82, 2.24) is 14.9 Å². The number of aromatic nitrogens is 2. The molecule has 0 bridgehead atoms. The summed E-state index contributed by atoms with van der Waals surface area (Å²) in [6, 6.07) is 32.3. The Labute approximate surface area is 350 Å². The number of carbonyl (C=O) groups excluding carboxylic acids is 2. The summed E-state index contributed by atoms with van der Waals surface area (Å²) in [5, 5.41) is 15.9. The number of aliphatic hydroxyl groups excluding tert-OH is 1. The number of ether oxygens (including phenoxy) is 3. The molecule has 15 nitrogen and oxygen atoms in total. The lowest BCUT2D eigenvalue weighted by atomic mass is 10.1. The number of anilines is 3. The number of hydrogen-bond acceptors (Lipinski definition) is 12. The monoisotopic (exact) mass is 824 g/mol. The van der Waals surface area contributed by atoms with Crippen molar-refractivity contribution in [3.05, 3.63) is 147 Å². The molecular formula is C46H44N6O9. The minimum atomic E-state index is -0.500. The molecule has 0 aliphatic carbocycles. The standard InChI is InChI=1S/C46H44N6O9/c1-57-61-17-16-58-15-14-50(25-44(54)47-28-53)33-19-29(26-59-34-10-12-36-38(23-34)48-42-21-31-6-2-4-8-40(31)51(42)45(36)55)18-30(20-33)27-60-35-11-13-37-39(24-35)49-43-22-32-7-3-5-9-41(32)52(43)46(37)56/h2-13,18-20,23-24,42,48,53H,14-17,21-22,25-28H2,1H3,(H,47,54). The van der Waals surface area contributed by atoms with Gasteiger partial charge in [-0.15, -0.1) is 0 Å². The maximum Gasteiger partial charge on any atom is 0.265 e. The molecule has 15 heteroatoms. The third-order valence-corrected chi connectivity index (χ3v) is 11.0. The second-order valence-electron chi connectivity index (χ2n) is 14.9. The van der Waals surface area contributed by atoms with Gasteiger partial charge >= 0.3 is 0 Å². The summed E-state index contributed by atoms with van der Waals surface area (Å²) >= 11 is 0. The van der Waals surface area contributed by atoms with Crippen molar-refractivity contribution in [1.29, 1.82) is 0 Å². The summed E-state index contributed by atoms with van der Waals surface area (Å²) in [5.74, 6) is 1.36. The van der Waals surface area contributed by atoms with Crippen molar-refractivity contribution in [2.45, 2.75) is 32.2 Å². The quantitative estimate of drug-likeness (QED) is 0.0495. The van der Waals surface area contributed by atoms with Crippen LogP contribution < -0.4 is 35.5 Å². The van der Waals surface area contributed by atoms with Gasteiger partial charge in [0.1, 0.15) is 50.0 Å². The third kappa shape index (κ3) is 8.23. The number of amides is 2. The smallest absolute Gasteiger partial charge is 0.265 e. The van der Waals surface area contributed by atoms with Crippen LogP contribution in [0.5, 0.6) is 11.5 Å². The number of nitrogens with zero attached hydrogens (tertiary/aromatic N) is 4. The van der Waals surface area contributed by atoms with Crippen molar-refractivity contribution in [2.75, 3.05) is 61.9 Å². The Morgan fingerprint density at radius 1 is 0.869 bits per heavy atom. The normalized spacial score (nSPS) is 14.4. The topological polar surface area (TPSA) is 166 Å². The molecule has 4 heterocycles. The number of aliphatic hydroxyl groups is 1. The molecule has 6 aromatic rings. The van der Waals surface area contributed by atoms with Gasteiger partial charge in [0.15, 0.2) is 0 Å². The molecule has 5 aromatic carbocycles. The van der Waals surface area contributed by atoms with Crippen LogP contribution in [0.1, 0.15) is 38.4 Å². The Kier molecular flexibility index (Phi) is 11.3. The van der Waals surface area contributed by atoms with Crippen LogP contribution in [0.25, 0.3) is 16.6 Å². The van der Waals surface area contributed by atoms with E-state index in [4.69, 9.17) is 24.1 Å². The Bertz CT molecular complexity index is 2690. The van der Waals surface area contributed by atoms with E-state index in [9.17, 15) is 19.5 Å². The largest absolute Gasteiger partial charge is 0.489 e. The van der Waals surface area contributed by atoms with Crippen LogP contribution in [0.15, 0.2) is 108 Å².